The van der Waals surface area contributed by atoms with Gasteiger partial charge in [0.15, 0.2) is 0 Å². The summed E-state index contributed by atoms with van der Waals surface area (Å²) >= 11 is 0.841. The first kappa shape index (κ1) is 20.4. The number of ether oxygens (including phenoxy) is 1. The molecule has 4 rings (SSSR count). The lowest BCUT2D eigenvalue weighted by atomic mass is 10.1. The number of nitro groups is 1. The van der Waals surface area contributed by atoms with Crippen molar-refractivity contribution in [2.75, 3.05) is 13.2 Å². The van der Waals surface area contributed by atoms with E-state index in [1.807, 2.05) is 18.2 Å². The van der Waals surface area contributed by atoms with Crippen molar-refractivity contribution in [2.45, 2.75) is 0 Å². The summed E-state index contributed by atoms with van der Waals surface area (Å²) < 4.78 is 11.3. The predicted octanol–water partition coefficient (Wildman–Crippen LogP) is 4.97. The minimum absolute atomic E-state index is 0.0135. The fraction of sp³-hybridized carbons (Fsp3) is 0.0909. The minimum Gasteiger partial charge on any atom is -0.492 e. The Kier molecular flexibility index (Phi) is 5.85. The number of hydrogen-bond donors (Lipinski definition) is 0. The first-order chi connectivity index (χ1) is 15.0. The summed E-state index contributed by atoms with van der Waals surface area (Å²) in [5, 5.41) is 10.4. The fourth-order valence-electron chi connectivity index (χ4n) is 2.93. The summed E-state index contributed by atoms with van der Waals surface area (Å²) in [5.41, 5.74) is 0.650. The maximum absolute atomic E-state index is 12.6. The van der Waals surface area contributed by atoms with E-state index in [2.05, 4.69) is 0 Å². The lowest BCUT2D eigenvalue weighted by Crippen LogP contribution is -2.32. The molecule has 2 aromatic carbocycles. The van der Waals surface area contributed by atoms with E-state index in [0.717, 1.165) is 16.7 Å². The monoisotopic (exact) mass is 436 g/mol. The van der Waals surface area contributed by atoms with Gasteiger partial charge in [-0.25, -0.2) is 0 Å². The van der Waals surface area contributed by atoms with Crippen LogP contribution in [0.15, 0.2) is 76.1 Å². The highest BCUT2D eigenvalue weighted by atomic mass is 32.2. The van der Waals surface area contributed by atoms with Gasteiger partial charge in [-0.2, -0.15) is 0 Å². The molecule has 2 heterocycles. The lowest BCUT2D eigenvalue weighted by molar-refractivity contribution is -0.384. The summed E-state index contributed by atoms with van der Waals surface area (Å²) in [4.78, 5) is 36.5. The van der Waals surface area contributed by atoms with Crippen LogP contribution < -0.4 is 4.74 Å². The third-order valence-corrected chi connectivity index (χ3v) is 5.37. The SMILES string of the molecule is O=C1S/C(=C\c2ccc(-c3ccc([N+](=O)[O-])cc3)o2)C(=O)N1CCOc1ccccc1. The molecule has 2 amide bonds. The number of rotatable bonds is 7. The van der Waals surface area contributed by atoms with Crippen LogP contribution in [0, 0.1) is 10.1 Å². The predicted molar refractivity (Wildman–Crippen MR) is 115 cm³/mol. The van der Waals surface area contributed by atoms with Crippen molar-refractivity contribution in [2.24, 2.45) is 0 Å². The number of non-ortho nitro benzene ring substituents is 1. The number of carbonyl (C=O) groups is 2. The van der Waals surface area contributed by atoms with Crippen molar-refractivity contribution in [3.63, 3.8) is 0 Å². The van der Waals surface area contributed by atoms with E-state index in [-0.39, 0.29) is 29.0 Å². The third kappa shape index (κ3) is 4.67. The van der Waals surface area contributed by atoms with Gasteiger partial charge >= 0.3 is 0 Å². The van der Waals surface area contributed by atoms with Gasteiger partial charge in [0.2, 0.25) is 0 Å². The van der Waals surface area contributed by atoms with Gasteiger partial charge in [0.1, 0.15) is 23.9 Å². The van der Waals surface area contributed by atoms with Crippen LogP contribution in [0.2, 0.25) is 0 Å². The highest BCUT2D eigenvalue weighted by Gasteiger charge is 2.35. The fourth-order valence-corrected chi connectivity index (χ4v) is 3.77. The van der Waals surface area contributed by atoms with E-state index in [4.69, 9.17) is 9.15 Å². The van der Waals surface area contributed by atoms with Gasteiger partial charge in [-0.1, -0.05) is 18.2 Å². The first-order valence-electron chi connectivity index (χ1n) is 9.29. The quantitative estimate of drug-likeness (QED) is 0.293. The summed E-state index contributed by atoms with van der Waals surface area (Å²) in [6.07, 6.45) is 1.51. The van der Waals surface area contributed by atoms with Crippen LogP contribution in [0.5, 0.6) is 5.75 Å². The van der Waals surface area contributed by atoms with Crippen LogP contribution in [-0.2, 0) is 4.79 Å². The van der Waals surface area contributed by atoms with E-state index in [1.54, 1.807) is 36.4 Å². The zero-order chi connectivity index (χ0) is 21.8. The number of nitro benzene ring substituents is 1. The van der Waals surface area contributed by atoms with Gasteiger partial charge in [0.25, 0.3) is 16.8 Å². The zero-order valence-corrected chi connectivity index (χ0v) is 16.9. The second-order valence-corrected chi connectivity index (χ2v) is 7.49. The molecule has 1 fully saturated rings. The second kappa shape index (κ2) is 8.88. The molecule has 1 aromatic heterocycles. The van der Waals surface area contributed by atoms with Gasteiger partial charge in [-0.3, -0.25) is 24.6 Å². The molecule has 0 unspecified atom stereocenters. The molecule has 3 aromatic rings. The average molecular weight is 436 g/mol. The molecular weight excluding hydrogens is 420 g/mol. The molecule has 156 valence electrons. The second-order valence-electron chi connectivity index (χ2n) is 6.50. The number of furan rings is 1. The molecule has 0 aliphatic carbocycles. The Morgan fingerprint density at radius 3 is 2.48 bits per heavy atom. The first-order valence-corrected chi connectivity index (χ1v) is 10.1. The van der Waals surface area contributed by atoms with Crippen LogP contribution in [0.1, 0.15) is 5.76 Å². The Balaban J connectivity index is 1.41. The largest absolute Gasteiger partial charge is 0.492 e. The van der Waals surface area contributed by atoms with Gasteiger partial charge in [0, 0.05) is 23.8 Å². The molecule has 8 nitrogen and oxygen atoms in total. The van der Waals surface area contributed by atoms with Crippen molar-refractivity contribution in [1.29, 1.82) is 0 Å². The van der Waals surface area contributed by atoms with Gasteiger partial charge in [-0.15, -0.1) is 0 Å². The van der Waals surface area contributed by atoms with E-state index >= 15 is 0 Å². The Morgan fingerprint density at radius 2 is 1.77 bits per heavy atom. The average Bonchev–Trinajstić information content (AvgIpc) is 3.34. The molecule has 0 N–H and O–H groups in total. The number of thioether (sulfide) groups is 1. The smallest absolute Gasteiger partial charge is 0.293 e. The van der Waals surface area contributed by atoms with Crippen LogP contribution in [0.4, 0.5) is 10.5 Å². The van der Waals surface area contributed by atoms with Crippen LogP contribution in [-0.4, -0.2) is 34.1 Å². The lowest BCUT2D eigenvalue weighted by Gasteiger charge is -2.13. The molecule has 1 aliphatic heterocycles. The number of carbonyl (C=O) groups excluding carboxylic acids is 2. The number of imide groups is 1. The normalized spacial score (nSPS) is 15.0. The molecule has 9 heteroatoms. The van der Waals surface area contributed by atoms with Gasteiger partial charge in [0.05, 0.1) is 16.4 Å². The van der Waals surface area contributed by atoms with Crippen LogP contribution >= 0.6 is 11.8 Å². The molecule has 31 heavy (non-hydrogen) atoms. The van der Waals surface area contributed by atoms with Crippen molar-refractivity contribution >= 4 is 34.7 Å². The highest BCUT2D eigenvalue weighted by Crippen LogP contribution is 2.33. The Bertz CT molecular complexity index is 1150. The highest BCUT2D eigenvalue weighted by molar-refractivity contribution is 8.18. The van der Waals surface area contributed by atoms with Crippen molar-refractivity contribution in [3.05, 3.63) is 87.5 Å². The molecule has 0 radical (unpaired) electrons. The summed E-state index contributed by atoms with van der Waals surface area (Å²) in [5.74, 6) is 1.16. The van der Waals surface area contributed by atoms with Crippen LogP contribution in [0.3, 0.4) is 0 Å². The molecule has 0 atom stereocenters. The summed E-state index contributed by atoms with van der Waals surface area (Å²) in [7, 11) is 0. The number of nitrogens with zero attached hydrogens (tertiary/aromatic N) is 2. The summed E-state index contributed by atoms with van der Waals surface area (Å²) in [6.45, 7) is 0.337. The minimum atomic E-state index is -0.474. The van der Waals surface area contributed by atoms with Crippen molar-refractivity contribution in [1.82, 2.24) is 4.90 Å². The van der Waals surface area contributed by atoms with E-state index in [1.165, 1.54) is 18.2 Å². The number of para-hydroxylation sites is 1. The summed E-state index contributed by atoms with van der Waals surface area (Å²) in [6, 6.07) is 18.5. The van der Waals surface area contributed by atoms with Crippen molar-refractivity contribution < 1.29 is 23.7 Å². The standard InChI is InChI=1S/C22H16N2O6S/c25-21-20(31-22(26)23(21)12-13-29-17-4-2-1-3-5-17)14-18-10-11-19(30-18)15-6-8-16(9-7-15)24(27)28/h1-11,14H,12-13H2/b20-14-. The van der Waals surface area contributed by atoms with E-state index < -0.39 is 10.8 Å². The molecule has 1 saturated heterocycles. The number of benzene rings is 2. The Hall–Kier alpha value is -3.85. The topological polar surface area (TPSA) is 103 Å². The van der Waals surface area contributed by atoms with Crippen molar-refractivity contribution in [3.8, 4) is 17.1 Å². The third-order valence-electron chi connectivity index (χ3n) is 4.46. The van der Waals surface area contributed by atoms with E-state index in [9.17, 15) is 19.7 Å². The maximum atomic E-state index is 12.6. The van der Waals surface area contributed by atoms with Gasteiger partial charge in [-0.05, 0) is 48.2 Å². The number of amides is 2. The van der Waals surface area contributed by atoms with Crippen LogP contribution in [0.25, 0.3) is 17.4 Å². The van der Waals surface area contributed by atoms with Gasteiger partial charge < -0.3 is 9.15 Å². The maximum Gasteiger partial charge on any atom is 0.293 e. The zero-order valence-electron chi connectivity index (χ0n) is 16.1. The molecule has 0 saturated carbocycles. The molecule has 1 aliphatic rings. The molecule has 0 bridgehead atoms. The molecular formula is C22H16N2O6S. The van der Waals surface area contributed by atoms with E-state index in [0.29, 0.717) is 22.8 Å². The Morgan fingerprint density at radius 1 is 1.03 bits per heavy atom. The molecule has 0 spiro atoms. The Labute approximate surface area is 181 Å². The number of hydrogen-bond acceptors (Lipinski definition) is 7.